The molecule has 1 heterocycles. The first-order chi connectivity index (χ1) is 8.69. The largest absolute Gasteiger partial charge is 0.330 e. The molecule has 0 amide bonds. The number of nitrogens with zero attached hydrogens (tertiary/aromatic N) is 1. The van der Waals surface area contributed by atoms with E-state index in [1.807, 2.05) is 0 Å². The van der Waals surface area contributed by atoms with Crippen LogP contribution >= 0.6 is 0 Å². The molecule has 1 aliphatic rings. The Bertz CT molecular complexity index is 400. The van der Waals surface area contributed by atoms with Gasteiger partial charge in [0.05, 0.1) is 0 Å². The van der Waals surface area contributed by atoms with Crippen LogP contribution in [0, 0.1) is 19.8 Å². The van der Waals surface area contributed by atoms with Gasteiger partial charge in [0.1, 0.15) is 0 Å². The van der Waals surface area contributed by atoms with Gasteiger partial charge in [-0.1, -0.05) is 25.1 Å². The number of benzene rings is 1. The average Bonchev–Trinajstić information content (AvgIpc) is 2.76. The molecule has 1 saturated heterocycles. The zero-order valence-electron chi connectivity index (χ0n) is 11.9. The molecule has 0 spiro atoms. The third-order valence-corrected chi connectivity index (χ3v) is 4.41. The Morgan fingerprint density at radius 1 is 1.33 bits per heavy atom. The average molecular weight is 246 g/mol. The van der Waals surface area contributed by atoms with E-state index in [0.29, 0.717) is 12.0 Å². The van der Waals surface area contributed by atoms with Crippen molar-refractivity contribution < 1.29 is 0 Å². The molecule has 0 aromatic heterocycles. The monoisotopic (exact) mass is 246 g/mol. The van der Waals surface area contributed by atoms with E-state index in [4.69, 9.17) is 5.73 Å². The summed E-state index contributed by atoms with van der Waals surface area (Å²) in [6, 6.07) is 7.22. The fourth-order valence-electron chi connectivity index (χ4n) is 3.26. The van der Waals surface area contributed by atoms with Crippen molar-refractivity contribution in [3.63, 3.8) is 0 Å². The summed E-state index contributed by atoms with van der Waals surface area (Å²) in [7, 11) is 0. The van der Waals surface area contributed by atoms with Crippen LogP contribution in [0.5, 0.6) is 0 Å². The van der Waals surface area contributed by atoms with Gasteiger partial charge in [0.25, 0.3) is 0 Å². The first-order valence-electron chi connectivity index (χ1n) is 7.19. The van der Waals surface area contributed by atoms with E-state index in [-0.39, 0.29) is 0 Å². The highest BCUT2D eigenvalue weighted by atomic mass is 15.2. The van der Waals surface area contributed by atoms with E-state index in [1.54, 1.807) is 0 Å². The van der Waals surface area contributed by atoms with Gasteiger partial charge < -0.3 is 5.73 Å². The van der Waals surface area contributed by atoms with Crippen LogP contribution in [-0.4, -0.2) is 24.5 Å². The van der Waals surface area contributed by atoms with Crippen LogP contribution in [0.4, 0.5) is 0 Å². The van der Waals surface area contributed by atoms with E-state index in [2.05, 4.69) is 43.9 Å². The number of aryl methyl sites for hydroxylation is 1. The summed E-state index contributed by atoms with van der Waals surface area (Å²) in [5.41, 5.74) is 10.3. The maximum atomic E-state index is 5.98. The van der Waals surface area contributed by atoms with Crippen molar-refractivity contribution in [1.29, 1.82) is 0 Å². The lowest BCUT2D eigenvalue weighted by Gasteiger charge is -2.29. The predicted molar refractivity (Wildman–Crippen MR) is 77.7 cm³/mol. The predicted octanol–water partition coefficient (Wildman–Crippen LogP) is 3.04. The third kappa shape index (κ3) is 2.45. The fourth-order valence-corrected chi connectivity index (χ4v) is 3.26. The Morgan fingerprint density at radius 3 is 2.78 bits per heavy atom. The van der Waals surface area contributed by atoms with Crippen LogP contribution in [0.1, 0.15) is 42.5 Å². The number of hydrogen-bond acceptors (Lipinski definition) is 2. The summed E-state index contributed by atoms with van der Waals surface area (Å²) in [6.45, 7) is 9.91. The topological polar surface area (TPSA) is 29.3 Å². The van der Waals surface area contributed by atoms with Crippen LogP contribution in [0.2, 0.25) is 0 Å². The second-order valence-electron chi connectivity index (χ2n) is 5.55. The van der Waals surface area contributed by atoms with Crippen LogP contribution in [0.15, 0.2) is 18.2 Å². The highest BCUT2D eigenvalue weighted by molar-refractivity contribution is 5.36. The third-order valence-electron chi connectivity index (χ3n) is 4.41. The van der Waals surface area contributed by atoms with Gasteiger partial charge in [0, 0.05) is 6.04 Å². The second kappa shape index (κ2) is 5.85. The van der Waals surface area contributed by atoms with Crippen LogP contribution in [0.25, 0.3) is 0 Å². The number of nitrogens with two attached hydrogens (primary N) is 1. The molecule has 1 aliphatic heterocycles. The summed E-state index contributed by atoms with van der Waals surface area (Å²) in [6.07, 6.45) is 2.47. The minimum atomic E-state index is 0.537. The molecule has 100 valence electrons. The Kier molecular flexibility index (Phi) is 4.41. The van der Waals surface area contributed by atoms with Gasteiger partial charge in [-0.3, -0.25) is 4.90 Å². The SMILES string of the molecule is CCCN1CCC(CN)C1c1cccc(C)c1C. The molecule has 2 N–H and O–H groups in total. The lowest BCUT2D eigenvalue weighted by molar-refractivity contribution is 0.230. The molecule has 0 bridgehead atoms. The van der Waals surface area contributed by atoms with Gasteiger partial charge in [-0.15, -0.1) is 0 Å². The Balaban J connectivity index is 2.34. The number of rotatable bonds is 4. The summed E-state index contributed by atoms with van der Waals surface area (Å²) in [4.78, 5) is 2.62. The second-order valence-corrected chi connectivity index (χ2v) is 5.55. The molecular weight excluding hydrogens is 220 g/mol. The summed E-state index contributed by atoms with van der Waals surface area (Å²) in [5, 5.41) is 0. The van der Waals surface area contributed by atoms with Gasteiger partial charge in [-0.2, -0.15) is 0 Å². The molecule has 0 radical (unpaired) electrons. The molecule has 2 unspecified atom stereocenters. The first-order valence-corrected chi connectivity index (χ1v) is 7.19. The molecule has 2 heteroatoms. The van der Waals surface area contributed by atoms with Crippen LogP contribution in [0.3, 0.4) is 0 Å². The van der Waals surface area contributed by atoms with Crippen molar-refractivity contribution >= 4 is 0 Å². The molecule has 1 aromatic rings. The standard InChI is InChI=1S/C16H26N2/c1-4-9-18-10-8-14(11-17)16(18)15-7-5-6-12(2)13(15)3/h5-7,14,16H,4,8-11,17H2,1-3H3. The lowest BCUT2D eigenvalue weighted by Crippen LogP contribution is -2.29. The van der Waals surface area contributed by atoms with Crippen molar-refractivity contribution in [1.82, 2.24) is 4.90 Å². The van der Waals surface area contributed by atoms with Gasteiger partial charge >= 0.3 is 0 Å². The lowest BCUT2D eigenvalue weighted by atomic mass is 9.89. The number of likely N-dealkylation sites (tertiary alicyclic amines) is 1. The molecule has 18 heavy (non-hydrogen) atoms. The van der Waals surface area contributed by atoms with Crippen molar-refractivity contribution in [3.8, 4) is 0 Å². The molecular formula is C16H26N2. The first kappa shape index (κ1) is 13.6. The fraction of sp³-hybridized carbons (Fsp3) is 0.625. The quantitative estimate of drug-likeness (QED) is 0.885. The Morgan fingerprint density at radius 2 is 2.11 bits per heavy atom. The zero-order chi connectivity index (χ0) is 13.1. The normalized spacial score (nSPS) is 24.7. The maximum absolute atomic E-state index is 5.98. The van der Waals surface area contributed by atoms with Crippen molar-refractivity contribution in [2.45, 2.75) is 39.7 Å². The van der Waals surface area contributed by atoms with E-state index in [1.165, 1.54) is 42.6 Å². The van der Waals surface area contributed by atoms with Crippen molar-refractivity contribution in [3.05, 3.63) is 34.9 Å². The van der Waals surface area contributed by atoms with E-state index in [9.17, 15) is 0 Å². The Hall–Kier alpha value is -0.860. The van der Waals surface area contributed by atoms with Gasteiger partial charge in [-0.25, -0.2) is 0 Å². The van der Waals surface area contributed by atoms with Crippen LogP contribution in [-0.2, 0) is 0 Å². The molecule has 1 aromatic carbocycles. The summed E-state index contributed by atoms with van der Waals surface area (Å²) >= 11 is 0. The maximum Gasteiger partial charge on any atom is 0.0391 e. The number of hydrogen-bond donors (Lipinski definition) is 1. The van der Waals surface area contributed by atoms with Gasteiger partial charge in [0.15, 0.2) is 0 Å². The molecule has 1 fully saturated rings. The van der Waals surface area contributed by atoms with Crippen molar-refractivity contribution in [2.24, 2.45) is 11.7 Å². The minimum absolute atomic E-state index is 0.537. The van der Waals surface area contributed by atoms with Crippen molar-refractivity contribution in [2.75, 3.05) is 19.6 Å². The van der Waals surface area contributed by atoms with Crippen LogP contribution < -0.4 is 5.73 Å². The Labute approximate surface area is 111 Å². The summed E-state index contributed by atoms with van der Waals surface area (Å²) < 4.78 is 0. The minimum Gasteiger partial charge on any atom is -0.330 e. The van der Waals surface area contributed by atoms with E-state index < -0.39 is 0 Å². The van der Waals surface area contributed by atoms with Gasteiger partial charge in [0.2, 0.25) is 0 Å². The molecule has 2 atom stereocenters. The zero-order valence-corrected chi connectivity index (χ0v) is 11.9. The van der Waals surface area contributed by atoms with E-state index >= 15 is 0 Å². The molecule has 2 rings (SSSR count). The molecule has 0 saturated carbocycles. The van der Waals surface area contributed by atoms with Gasteiger partial charge in [-0.05, 0) is 68.9 Å². The molecule has 2 nitrogen and oxygen atoms in total. The highest BCUT2D eigenvalue weighted by Gasteiger charge is 2.34. The molecule has 0 aliphatic carbocycles. The highest BCUT2D eigenvalue weighted by Crippen LogP contribution is 2.38. The summed E-state index contributed by atoms with van der Waals surface area (Å²) in [5.74, 6) is 0.622. The van der Waals surface area contributed by atoms with E-state index in [0.717, 1.165) is 6.54 Å². The smallest absolute Gasteiger partial charge is 0.0391 e.